The second kappa shape index (κ2) is 11.6. The summed E-state index contributed by atoms with van der Waals surface area (Å²) in [5.74, 6) is -1.10. The Labute approximate surface area is 242 Å². The third-order valence-electron chi connectivity index (χ3n) is 7.45. The fourth-order valence-electron chi connectivity index (χ4n) is 5.54. The van der Waals surface area contributed by atoms with E-state index in [1.165, 1.54) is 29.8 Å². The lowest BCUT2D eigenvalue weighted by atomic mass is 10.1. The molecule has 232 valence electrons. The zero-order valence-corrected chi connectivity index (χ0v) is 24.1. The number of rotatable bonds is 3. The summed E-state index contributed by atoms with van der Waals surface area (Å²) in [6.45, 7) is -5.46. The van der Waals surface area contributed by atoms with E-state index in [-0.39, 0.29) is 6.42 Å². The van der Waals surface area contributed by atoms with E-state index in [0.29, 0.717) is 5.82 Å². The molecule has 1 aliphatic carbocycles. The molecule has 13 atom stereocenters. The number of halogens is 2. The Morgan fingerprint density at radius 3 is 2.76 bits per heavy atom. The van der Waals surface area contributed by atoms with Crippen LogP contribution in [0.2, 0.25) is 0 Å². The molecule has 4 fully saturated rings. The number of fused-ring (bicyclic) bond motifs is 4. The molecule has 6 rings (SSSR count). The van der Waals surface area contributed by atoms with Gasteiger partial charge in [0.1, 0.15) is 49.1 Å². The minimum atomic E-state index is -5.02. The van der Waals surface area contributed by atoms with E-state index in [4.69, 9.17) is 40.4 Å². The SMILES string of the molecule is NC1NC(=O)C2N=CN([C@@H]3O[C@@H]4COP(O)(=S)O[C@@H]5[C@@H](COP(=O)(O)O[C@@H]3[C@@H]4F)C[C@@H](Nc3ccncn3)[C@@H]5F)C2N1. The standard InChI is InChI=1S/C20H28F2N8O9P2S/c21-12-9(27-11-1-2-24-6-25-11)3-8-4-35-40(32,33)38-16-13(22)10(5-36-41(34,42)39-15(8)12)37-19(16)30-7-26-14-17(30)28-20(23)29-18(14)31/h1-2,6-10,12-17,19-20,28H,3-5,23H2,(H,29,31)(H,32,33)(H,34,42)(H,24,25,27)/t8-,9-,10-,12+,13-,14?,15-,16-,17?,19-,20?,41?/m1/s1. The molecule has 0 aromatic carbocycles. The summed E-state index contributed by atoms with van der Waals surface area (Å²) in [6, 6.07) is -0.365. The average Bonchev–Trinajstić information content (AvgIpc) is 3.57. The molecule has 42 heavy (non-hydrogen) atoms. The highest BCUT2D eigenvalue weighted by Crippen LogP contribution is 2.54. The van der Waals surface area contributed by atoms with E-state index >= 15 is 8.78 Å². The van der Waals surface area contributed by atoms with Crippen LogP contribution in [-0.4, -0.2) is 112 Å². The number of aliphatic imine (C=N–C) groups is 1. The van der Waals surface area contributed by atoms with Crippen LogP contribution < -0.4 is 21.7 Å². The molecule has 1 saturated carbocycles. The van der Waals surface area contributed by atoms with E-state index in [0.717, 1.165) is 0 Å². The molecule has 1 aromatic heterocycles. The average molecular weight is 657 g/mol. The number of phosphoric acid groups is 1. The van der Waals surface area contributed by atoms with Crippen LogP contribution in [0.15, 0.2) is 23.6 Å². The lowest BCUT2D eigenvalue weighted by molar-refractivity contribution is -0.130. The smallest absolute Gasteiger partial charge is 0.364 e. The van der Waals surface area contributed by atoms with Gasteiger partial charge in [-0.3, -0.25) is 29.9 Å². The number of aromatic nitrogens is 2. The lowest BCUT2D eigenvalue weighted by Crippen LogP contribution is -2.70. The topological polar surface area (TPSA) is 224 Å². The van der Waals surface area contributed by atoms with Crippen LogP contribution in [0.1, 0.15) is 6.42 Å². The van der Waals surface area contributed by atoms with Crippen molar-refractivity contribution in [2.75, 3.05) is 18.5 Å². The summed E-state index contributed by atoms with van der Waals surface area (Å²) in [5, 5.41) is 8.23. The Morgan fingerprint density at radius 1 is 1.19 bits per heavy atom. The summed E-state index contributed by atoms with van der Waals surface area (Å²) in [6.07, 6.45) is -7.91. The number of hydrogen-bond acceptors (Lipinski definition) is 15. The Bertz CT molecular complexity index is 1310. The van der Waals surface area contributed by atoms with Crippen molar-refractivity contribution in [1.82, 2.24) is 25.5 Å². The highest BCUT2D eigenvalue weighted by atomic mass is 32.5. The molecule has 3 saturated heterocycles. The number of phosphoric ester groups is 1. The van der Waals surface area contributed by atoms with Gasteiger partial charge >= 0.3 is 14.5 Å². The number of nitrogens with two attached hydrogens (primary N) is 1. The molecule has 5 aliphatic rings. The minimum Gasteiger partial charge on any atom is -0.364 e. The Hall–Kier alpha value is -1.80. The summed E-state index contributed by atoms with van der Waals surface area (Å²) in [4.78, 5) is 46.9. The molecule has 5 heterocycles. The summed E-state index contributed by atoms with van der Waals surface area (Å²) >= 11 is 5.10. The number of alkyl halides is 2. The van der Waals surface area contributed by atoms with Gasteiger partial charge in [0, 0.05) is 12.1 Å². The first-order valence-electron chi connectivity index (χ1n) is 12.8. The minimum absolute atomic E-state index is 0.00992. The summed E-state index contributed by atoms with van der Waals surface area (Å²) in [7, 11) is -5.02. The zero-order chi connectivity index (χ0) is 29.8. The highest BCUT2D eigenvalue weighted by Gasteiger charge is 2.56. The Kier molecular flexibility index (Phi) is 8.36. The predicted octanol–water partition coefficient (Wildman–Crippen LogP) is -1.19. The highest BCUT2D eigenvalue weighted by molar-refractivity contribution is 8.07. The van der Waals surface area contributed by atoms with E-state index in [9.17, 15) is 19.1 Å². The number of hydrogen-bond donors (Lipinski definition) is 6. The number of nitrogens with one attached hydrogen (secondary N) is 3. The van der Waals surface area contributed by atoms with Gasteiger partial charge in [0.25, 0.3) is 5.91 Å². The van der Waals surface area contributed by atoms with Gasteiger partial charge in [-0.05, 0) is 24.3 Å². The van der Waals surface area contributed by atoms with Crippen LogP contribution in [0.4, 0.5) is 14.6 Å². The maximum absolute atomic E-state index is 15.7. The van der Waals surface area contributed by atoms with Gasteiger partial charge in [0.15, 0.2) is 18.4 Å². The number of anilines is 1. The van der Waals surface area contributed by atoms with E-state index in [2.05, 4.69) is 30.9 Å². The molecule has 5 unspecified atom stereocenters. The largest absolute Gasteiger partial charge is 0.472 e. The van der Waals surface area contributed by atoms with Gasteiger partial charge in [-0.15, -0.1) is 0 Å². The van der Waals surface area contributed by atoms with E-state index < -0.39 is 101 Å². The first-order valence-corrected chi connectivity index (χ1v) is 16.9. The van der Waals surface area contributed by atoms with Gasteiger partial charge in [0.05, 0.1) is 25.6 Å². The zero-order valence-electron chi connectivity index (χ0n) is 21.5. The molecule has 22 heteroatoms. The van der Waals surface area contributed by atoms with Crippen molar-refractivity contribution in [3.8, 4) is 0 Å². The van der Waals surface area contributed by atoms with E-state index in [1.807, 2.05) is 0 Å². The van der Waals surface area contributed by atoms with E-state index in [1.54, 1.807) is 0 Å². The molecular weight excluding hydrogens is 628 g/mol. The van der Waals surface area contributed by atoms with Crippen LogP contribution in [0.3, 0.4) is 0 Å². The second-order valence-corrected chi connectivity index (χ2v) is 14.4. The first kappa shape index (κ1) is 30.2. The van der Waals surface area contributed by atoms with Crippen molar-refractivity contribution >= 4 is 44.4 Å². The molecule has 1 amide bonds. The van der Waals surface area contributed by atoms with Crippen LogP contribution in [0.25, 0.3) is 0 Å². The van der Waals surface area contributed by atoms with Crippen molar-refractivity contribution in [3.05, 3.63) is 18.6 Å². The Balaban J connectivity index is 1.24. The molecule has 0 radical (unpaired) electrons. The molecular formula is C20H28F2N8O9P2S. The number of ether oxygens (including phenoxy) is 1. The first-order chi connectivity index (χ1) is 19.9. The molecule has 17 nitrogen and oxygen atoms in total. The van der Waals surface area contributed by atoms with Crippen LogP contribution >= 0.6 is 14.5 Å². The van der Waals surface area contributed by atoms with Crippen LogP contribution in [0, 0.1) is 5.92 Å². The fraction of sp³-hybridized carbons (Fsp3) is 0.700. The second-order valence-electron chi connectivity index (χ2n) is 10.2. The van der Waals surface area contributed by atoms with Gasteiger partial charge in [0.2, 0.25) is 0 Å². The van der Waals surface area contributed by atoms with Gasteiger partial charge in [-0.1, -0.05) is 0 Å². The van der Waals surface area contributed by atoms with Gasteiger partial charge < -0.3 is 39.1 Å². The monoisotopic (exact) mass is 656 g/mol. The quantitative estimate of drug-likeness (QED) is 0.211. The van der Waals surface area contributed by atoms with Crippen molar-refractivity contribution in [2.24, 2.45) is 16.6 Å². The fourth-order valence-corrected chi connectivity index (χ4v) is 7.98. The maximum Gasteiger partial charge on any atom is 0.472 e. The lowest BCUT2D eigenvalue weighted by Gasteiger charge is -2.39. The number of carbonyl (C=O) groups excluding carboxylic acids is 1. The van der Waals surface area contributed by atoms with Gasteiger partial charge in [-0.2, -0.15) is 0 Å². The summed E-state index contributed by atoms with van der Waals surface area (Å²) in [5.41, 5.74) is 5.81. The van der Waals surface area contributed by atoms with Crippen molar-refractivity contribution in [2.45, 2.75) is 67.8 Å². The normalized spacial score (nSPS) is 47.5. The molecule has 1 aromatic rings. The van der Waals surface area contributed by atoms with Crippen molar-refractivity contribution in [1.29, 1.82) is 0 Å². The van der Waals surface area contributed by atoms with Crippen molar-refractivity contribution < 1.29 is 50.8 Å². The molecule has 2 bridgehead atoms. The molecule has 0 spiro atoms. The third-order valence-corrected chi connectivity index (χ3v) is 10.00. The van der Waals surface area contributed by atoms with Crippen LogP contribution in [-0.2, 0) is 44.0 Å². The molecule has 4 aliphatic heterocycles. The van der Waals surface area contributed by atoms with Gasteiger partial charge in [-0.25, -0.2) is 23.3 Å². The van der Waals surface area contributed by atoms with Crippen molar-refractivity contribution in [3.63, 3.8) is 0 Å². The predicted molar refractivity (Wildman–Crippen MR) is 141 cm³/mol. The van der Waals surface area contributed by atoms with Crippen LogP contribution in [0.5, 0.6) is 0 Å². The summed E-state index contributed by atoms with van der Waals surface area (Å²) < 4.78 is 71.5. The molecule has 7 N–H and O–H groups in total. The Morgan fingerprint density at radius 2 is 2.00 bits per heavy atom. The number of amides is 1. The third kappa shape index (κ3) is 6.09. The maximum atomic E-state index is 15.7. The number of nitrogens with zero attached hydrogens (tertiary/aromatic N) is 4. The number of carbonyl (C=O) groups is 1.